The van der Waals surface area contributed by atoms with Gasteiger partial charge in [-0.3, -0.25) is 0 Å². The Labute approximate surface area is 106 Å². The summed E-state index contributed by atoms with van der Waals surface area (Å²) in [5.41, 5.74) is 1.32. The minimum absolute atomic E-state index is 0.145. The number of nitrogens with zero attached hydrogens (tertiary/aromatic N) is 1. The van der Waals surface area contributed by atoms with Crippen LogP contribution in [0.2, 0.25) is 0 Å². The molecule has 0 saturated carbocycles. The Morgan fingerprint density at radius 2 is 2.06 bits per heavy atom. The lowest BCUT2D eigenvalue weighted by molar-refractivity contribution is 0.296. The maximum Gasteiger partial charge on any atom is 0.0788 e. The molecule has 1 unspecified atom stereocenters. The van der Waals surface area contributed by atoms with Gasteiger partial charge in [-0.1, -0.05) is 33.3 Å². The summed E-state index contributed by atoms with van der Waals surface area (Å²) in [7, 11) is 2.07. The number of hydrogen-bond acceptors (Lipinski definition) is 2. The molecule has 0 spiro atoms. The van der Waals surface area contributed by atoms with Crippen molar-refractivity contribution >= 4 is 11.8 Å². The number of allylic oxidation sites excluding steroid dienone is 1. The van der Waals surface area contributed by atoms with Crippen molar-refractivity contribution in [3.8, 4) is 11.8 Å². The van der Waals surface area contributed by atoms with Crippen LogP contribution >= 0.6 is 11.8 Å². The second-order valence-corrected chi connectivity index (χ2v) is 6.14. The fourth-order valence-corrected chi connectivity index (χ4v) is 2.31. The van der Waals surface area contributed by atoms with E-state index in [2.05, 4.69) is 57.4 Å². The van der Waals surface area contributed by atoms with Crippen molar-refractivity contribution in [1.29, 1.82) is 0 Å². The van der Waals surface area contributed by atoms with Gasteiger partial charge in [0.2, 0.25) is 0 Å². The van der Waals surface area contributed by atoms with Crippen LogP contribution in [0.1, 0.15) is 34.1 Å². The Balaban J connectivity index is 4.47. The third-order valence-electron chi connectivity index (χ3n) is 2.94. The van der Waals surface area contributed by atoms with E-state index in [-0.39, 0.29) is 5.41 Å². The van der Waals surface area contributed by atoms with Gasteiger partial charge < -0.3 is 4.90 Å². The highest BCUT2D eigenvalue weighted by molar-refractivity contribution is 7.99. The molecule has 0 radical (unpaired) electrons. The van der Waals surface area contributed by atoms with Gasteiger partial charge in [0, 0.05) is 23.4 Å². The van der Waals surface area contributed by atoms with Crippen LogP contribution < -0.4 is 0 Å². The molecule has 0 saturated heterocycles. The van der Waals surface area contributed by atoms with Crippen LogP contribution in [0.25, 0.3) is 0 Å². The summed E-state index contributed by atoms with van der Waals surface area (Å²) in [6.45, 7) is 13.7. The zero-order valence-corrected chi connectivity index (χ0v) is 12.4. The number of rotatable bonds is 6. The van der Waals surface area contributed by atoms with Crippen molar-refractivity contribution in [2.45, 2.75) is 39.4 Å². The molecular formula is C14H25NS. The van der Waals surface area contributed by atoms with E-state index in [1.54, 1.807) is 0 Å². The van der Waals surface area contributed by atoms with E-state index in [0.717, 1.165) is 13.0 Å². The molecule has 0 fully saturated rings. The first-order valence-corrected chi connectivity index (χ1v) is 6.97. The molecule has 0 rings (SSSR count). The van der Waals surface area contributed by atoms with Gasteiger partial charge in [0.05, 0.1) is 6.54 Å². The predicted octanol–water partition coefficient (Wildman–Crippen LogP) is 3.62. The zero-order valence-electron chi connectivity index (χ0n) is 11.6. The second-order valence-electron chi connectivity index (χ2n) is 4.86. The molecule has 2 heteroatoms. The van der Waals surface area contributed by atoms with Crippen LogP contribution in [0.3, 0.4) is 0 Å². The first kappa shape index (κ1) is 15.4. The van der Waals surface area contributed by atoms with Gasteiger partial charge in [-0.05, 0) is 19.6 Å². The summed E-state index contributed by atoms with van der Waals surface area (Å²) in [6.07, 6.45) is 3.31. The van der Waals surface area contributed by atoms with Crippen LogP contribution in [0.15, 0.2) is 12.3 Å². The normalized spacial score (nSPS) is 12.6. The maximum atomic E-state index is 4.22. The van der Waals surface area contributed by atoms with Gasteiger partial charge in [-0.15, -0.1) is 5.92 Å². The van der Waals surface area contributed by atoms with E-state index in [0.29, 0.717) is 5.25 Å². The first-order valence-electron chi connectivity index (χ1n) is 5.68. The number of thioether (sulfide) groups is 1. The van der Waals surface area contributed by atoms with Crippen molar-refractivity contribution in [3.63, 3.8) is 0 Å². The Hall–Kier alpha value is -0.550. The summed E-state index contributed by atoms with van der Waals surface area (Å²) in [5.74, 6) is 6.00. The van der Waals surface area contributed by atoms with Crippen molar-refractivity contribution in [3.05, 3.63) is 12.3 Å². The number of hydrogen-bond donors (Lipinski definition) is 0. The Bertz CT molecular complexity index is 283. The molecule has 0 aromatic heterocycles. The first-order chi connectivity index (χ1) is 7.35. The predicted molar refractivity (Wildman–Crippen MR) is 76.6 cm³/mol. The molecule has 16 heavy (non-hydrogen) atoms. The molecule has 1 atom stereocenters. The van der Waals surface area contributed by atoms with E-state index in [1.165, 1.54) is 5.70 Å². The standard InChI is InChI=1S/C14H25NS/c1-8-9-10-15(6)13(3)14(4,5)11-12(2)16-7/h12H,3,10-11H2,1-2,4-7H3. The van der Waals surface area contributed by atoms with E-state index < -0.39 is 0 Å². The fraction of sp³-hybridized carbons (Fsp3) is 0.714. The average Bonchev–Trinajstić information content (AvgIpc) is 2.23. The molecule has 0 aliphatic rings. The van der Waals surface area contributed by atoms with Gasteiger partial charge >= 0.3 is 0 Å². The van der Waals surface area contributed by atoms with E-state index >= 15 is 0 Å². The second kappa shape index (κ2) is 6.91. The smallest absolute Gasteiger partial charge is 0.0788 e. The summed E-state index contributed by atoms with van der Waals surface area (Å²) in [5, 5.41) is 0.664. The molecule has 0 aromatic rings. The third-order valence-corrected chi connectivity index (χ3v) is 3.91. The molecule has 0 N–H and O–H groups in total. The van der Waals surface area contributed by atoms with Crippen LogP contribution in [-0.2, 0) is 0 Å². The molecule has 0 heterocycles. The fourth-order valence-electron chi connectivity index (χ4n) is 1.73. The molecule has 0 aliphatic carbocycles. The average molecular weight is 239 g/mol. The Morgan fingerprint density at radius 1 is 1.50 bits per heavy atom. The molecule has 0 aliphatic heterocycles. The van der Waals surface area contributed by atoms with E-state index in [9.17, 15) is 0 Å². The molecule has 0 aromatic carbocycles. The van der Waals surface area contributed by atoms with Crippen molar-refractivity contribution in [1.82, 2.24) is 4.90 Å². The summed E-state index contributed by atoms with van der Waals surface area (Å²) in [4.78, 5) is 2.16. The van der Waals surface area contributed by atoms with Crippen molar-refractivity contribution < 1.29 is 0 Å². The summed E-state index contributed by atoms with van der Waals surface area (Å²) >= 11 is 1.91. The lowest BCUT2D eigenvalue weighted by Gasteiger charge is -2.35. The summed E-state index contributed by atoms with van der Waals surface area (Å²) in [6, 6.07) is 0. The molecule has 92 valence electrons. The minimum Gasteiger partial charge on any atom is -0.367 e. The highest BCUT2D eigenvalue weighted by Crippen LogP contribution is 2.34. The van der Waals surface area contributed by atoms with Gasteiger partial charge in [-0.2, -0.15) is 11.8 Å². The van der Waals surface area contributed by atoms with Crippen LogP contribution in [0.5, 0.6) is 0 Å². The molecule has 1 nitrogen and oxygen atoms in total. The van der Waals surface area contributed by atoms with Gasteiger partial charge in [0.15, 0.2) is 0 Å². The van der Waals surface area contributed by atoms with Crippen molar-refractivity contribution in [2.75, 3.05) is 19.8 Å². The quantitative estimate of drug-likeness (QED) is 0.651. The van der Waals surface area contributed by atoms with E-state index in [4.69, 9.17) is 0 Å². The molecular weight excluding hydrogens is 214 g/mol. The summed E-state index contributed by atoms with van der Waals surface area (Å²) < 4.78 is 0. The Kier molecular flexibility index (Phi) is 6.67. The topological polar surface area (TPSA) is 3.24 Å². The zero-order chi connectivity index (χ0) is 12.8. The van der Waals surface area contributed by atoms with Gasteiger partial charge in [-0.25, -0.2) is 0 Å². The molecule has 0 amide bonds. The lowest BCUT2D eigenvalue weighted by atomic mass is 9.84. The van der Waals surface area contributed by atoms with Crippen LogP contribution in [0.4, 0.5) is 0 Å². The largest absolute Gasteiger partial charge is 0.367 e. The van der Waals surface area contributed by atoms with Gasteiger partial charge in [0.1, 0.15) is 0 Å². The molecule has 0 bridgehead atoms. The van der Waals surface area contributed by atoms with Crippen LogP contribution in [-0.4, -0.2) is 30.0 Å². The van der Waals surface area contributed by atoms with E-state index in [1.807, 2.05) is 18.7 Å². The SMILES string of the molecule is C=C(N(C)CC#CC)C(C)(C)CC(C)SC. The monoisotopic (exact) mass is 239 g/mol. The van der Waals surface area contributed by atoms with Crippen molar-refractivity contribution in [2.24, 2.45) is 5.41 Å². The minimum atomic E-state index is 0.145. The maximum absolute atomic E-state index is 4.22. The third kappa shape index (κ3) is 4.99. The highest BCUT2D eigenvalue weighted by Gasteiger charge is 2.26. The van der Waals surface area contributed by atoms with Crippen LogP contribution in [0, 0.1) is 17.3 Å². The highest BCUT2D eigenvalue weighted by atomic mass is 32.2. The lowest BCUT2D eigenvalue weighted by Crippen LogP contribution is -2.30. The Morgan fingerprint density at radius 3 is 2.50 bits per heavy atom. The van der Waals surface area contributed by atoms with Gasteiger partial charge in [0.25, 0.3) is 0 Å².